The van der Waals surface area contributed by atoms with Crippen molar-refractivity contribution in [2.24, 2.45) is 0 Å². The van der Waals surface area contributed by atoms with E-state index < -0.39 is 11.8 Å². The lowest BCUT2D eigenvalue weighted by molar-refractivity contribution is -0.146. The Morgan fingerprint density at radius 3 is 2.48 bits per heavy atom. The van der Waals surface area contributed by atoms with Crippen LogP contribution in [-0.2, 0) is 16.0 Å². The quantitative estimate of drug-likeness (QED) is 0.667. The molecule has 0 aliphatic rings. The predicted octanol–water partition coefficient (Wildman–Crippen LogP) is 0.203. The zero-order valence-corrected chi connectivity index (χ0v) is 13.8. The molecule has 0 atom stereocenters. The van der Waals surface area contributed by atoms with Crippen LogP contribution in [0.4, 0.5) is 0 Å². The number of likely N-dealkylation sites (N-methyl/N-ethyl adjacent to an activating group) is 1. The Morgan fingerprint density at radius 1 is 1.22 bits per heavy atom. The highest BCUT2D eigenvalue weighted by atomic mass is 16.5. The summed E-state index contributed by atoms with van der Waals surface area (Å²) in [6, 6.07) is 5.50. The van der Waals surface area contributed by atoms with E-state index in [0.717, 1.165) is 5.56 Å². The largest absolute Gasteiger partial charge is 0.493 e. The Balaban J connectivity index is 2.53. The van der Waals surface area contributed by atoms with Gasteiger partial charge in [0, 0.05) is 19.6 Å². The molecular formula is C16H24N2O5. The molecule has 128 valence electrons. The number of aliphatic hydroxyl groups is 1. The van der Waals surface area contributed by atoms with E-state index in [-0.39, 0.29) is 13.2 Å². The van der Waals surface area contributed by atoms with E-state index in [1.807, 2.05) is 12.1 Å². The average molecular weight is 324 g/mol. The summed E-state index contributed by atoms with van der Waals surface area (Å²) < 4.78 is 10.4. The van der Waals surface area contributed by atoms with Gasteiger partial charge in [0.1, 0.15) is 0 Å². The highest BCUT2D eigenvalue weighted by molar-refractivity contribution is 6.34. The Hall–Kier alpha value is -2.28. The molecule has 2 amide bonds. The number of aliphatic hydroxyl groups excluding tert-OH is 1. The predicted molar refractivity (Wildman–Crippen MR) is 85.6 cm³/mol. The second-order valence-electron chi connectivity index (χ2n) is 4.80. The van der Waals surface area contributed by atoms with Gasteiger partial charge in [-0.3, -0.25) is 9.59 Å². The number of nitrogens with one attached hydrogen (secondary N) is 1. The summed E-state index contributed by atoms with van der Waals surface area (Å²) >= 11 is 0. The zero-order valence-electron chi connectivity index (χ0n) is 13.8. The number of methoxy groups -OCH3 is 2. The monoisotopic (exact) mass is 324 g/mol. The van der Waals surface area contributed by atoms with Crippen LogP contribution >= 0.6 is 0 Å². The van der Waals surface area contributed by atoms with Gasteiger partial charge in [-0.15, -0.1) is 0 Å². The second kappa shape index (κ2) is 9.68. The first-order chi connectivity index (χ1) is 11.1. The van der Waals surface area contributed by atoms with Crippen molar-refractivity contribution in [3.05, 3.63) is 23.8 Å². The Labute approximate surface area is 136 Å². The standard InChI is InChI=1S/C16H24N2O5/c1-4-18(9-10-19)16(21)15(20)17-8-7-12-5-6-13(22-2)14(11-12)23-3/h5-6,11,19H,4,7-10H2,1-3H3,(H,17,20). The fraction of sp³-hybridized carbons (Fsp3) is 0.500. The molecule has 0 aromatic heterocycles. The van der Waals surface area contributed by atoms with Crippen molar-refractivity contribution in [3.8, 4) is 11.5 Å². The molecule has 1 aromatic carbocycles. The normalized spacial score (nSPS) is 10.1. The molecule has 0 aliphatic heterocycles. The third kappa shape index (κ3) is 5.45. The van der Waals surface area contributed by atoms with Gasteiger partial charge in [0.05, 0.1) is 20.8 Å². The molecule has 2 N–H and O–H groups in total. The van der Waals surface area contributed by atoms with Gasteiger partial charge in [-0.05, 0) is 31.0 Å². The van der Waals surface area contributed by atoms with Crippen LogP contribution in [0.2, 0.25) is 0 Å². The highest BCUT2D eigenvalue weighted by Gasteiger charge is 2.19. The minimum atomic E-state index is -0.666. The van der Waals surface area contributed by atoms with Crippen LogP contribution in [0.1, 0.15) is 12.5 Å². The maximum absolute atomic E-state index is 11.9. The van der Waals surface area contributed by atoms with E-state index in [9.17, 15) is 9.59 Å². The number of amides is 2. The summed E-state index contributed by atoms with van der Waals surface area (Å²) in [4.78, 5) is 25.0. The molecular weight excluding hydrogens is 300 g/mol. The van der Waals surface area contributed by atoms with Crippen LogP contribution in [0.3, 0.4) is 0 Å². The van der Waals surface area contributed by atoms with Crippen molar-refractivity contribution < 1.29 is 24.2 Å². The minimum Gasteiger partial charge on any atom is -0.493 e. The molecule has 0 radical (unpaired) electrons. The molecule has 0 heterocycles. The van der Waals surface area contributed by atoms with Gasteiger partial charge < -0.3 is 24.8 Å². The summed E-state index contributed by atoms with van der Waals surface area (Å²) in [5.41, 5.74) is 0.957. The second-order valence-corrected chi connectivity index (χ2v) is 4.80. The van der Waals surface area contributed by atoms with Gasteiger partial charge in [0.2, 0.25) is 0 Å². The van der Waals surface area contributed by atoms with E-state index in [1.165, 1.54) is 4.90 Å². The summed E-state index contributed by atoms with van der Waals surface area (Å²) in [5, 5.41) is 11.5. The number of ether oxygens (including phenoxy) is 2. The lowest BCUT2D eigenvalue weighted by Crippen LogP contribution is -2.44. The number of benzene rings is 1. The van der Waals surface area contributed by atoms with Crippen molar-refractivity contribution in [3.63, 3.8) is 0 Å². The fourth-order valence-corrected chi connectivity index (χ4v) is 2.10. The first-order valence-electron chi connectivity index (χ1n) is 7.46. The van der Waals surface area contributed by atoms with Crippen LogP contribution in [-0.4, -0.2) is 62.3 Å². The lowest BCUT2D eigenvalue weighted by Gasteiger charge is -2.18. The van der Waals surface area contributed by atoms with E-state index in [4.69, 9.17) is 14.6 Å². The molecule has 0 unspecified atom stereocenters. The number of carbonyl (C=O) groups is 2. The number of rotatable bonds is 8. The van der Waals surface area contributed by atoms with Crippen LogP contribution in [0.25, 0.3) is 0 Å². The molecule has 0 saturated heterocycles. The molecule has 1 aromatic rings. The van der Waals surface area contributed by atoms with Crippen LogP contribution < -0.4 is 14.8 Å². The molecule has 23 heavy (non-hydrogen) atoms. The van der Waals surface area contributed by atoms with Gasteiger partial charge in [-0.2, -0.15) is 0 Å². The molecule has 0 aliphatic carbocycles. The van der Waals surface area contributed by atoms with Crippen molar-refractivity contribution in [2.75, 3.05) is 40.5 Å². The van der Waals surface area contributed by atoms with E-state index in [1.54, 1.807) is 27.2 Å². The molecule has 0 fully saturated rings. The average Bonchev–Trinajstić information content (AvgIpc) is 2.58. The third-order valence-electron chi connectivity index (χ3n) is 3.38. The van der Waals surface area contributed by atoms with E-state index >= 15 is 0 Å². The topological polar surface area (TPSA) is 88.1 Å². The highest BCUT2D eigenvalue weighted by Crippen LogP contribution is 2.27. The van der Waals surface area contributed by atoms with Crippen molar-refractivity contribution >= 4 is 11.8 Å². The van der Waals surface area contributed by atoms with E-state index in [2.05, 4.69) is 5.32 Å². The van der Waals surface area contributed by atoms with Gasteiger partial charge in [-0.1, -0.05) is 6.07 Å². The van der Waals surface area contributed by atoms with Crippen molar-refractivity contribution in [1.82, 2.24) is 10.2 Å². The molecule has 0 saturated carbocycles. The summed E-state index contributed by atoms with van der Waals surface area (Å²) in [6.45, 7) is 2.45. The third-order valence-corrected chi connectivity index (χ3v) is 3.38. The first-order valence-corrected chi connectivity index (χ1v) is 7.46. The van der Waals surface area contributed by atoms with Gasteiger partial charge in [0.25, 0.3) is 0 Å². The summed E-state index contributed by atoms with van der Waals surface area (Å²) in [5.74, 6) is -0.0415. The Kier molecular flexibility index (Phi) is 7.90. The lowest BCUT2D eigenvalue weighted by atomic mass is 10.1. The first kappa shape index (κ1) is 18.8. The Bertz CT molecular complexity index is 533. The molecule has 1 rings (SSSR count). The fourth-order valence-electron chi connectivity index (χ4n) is 2.10. The maximum Gasteiger partial charge on any atom is 0.311 e. The maximum atomic E-state index is 11.9. The molecule has 7 nitrogen and oxygen atoms in total. The molecule has 0 spiro atoms. The zero-order chi connectivity index (χ0) is 17.2. The number of nitrogens with zero attached hydrogens (tertiary/aromatic N) is 1. The number of hydrogen-bond donors (Lipinski definition) is 2. The van der Waals surface area contributed by atoms with Gasteiger partial charge in [-0.25, -0.2) is 0 Å². The van der Waals surface area contributed by atoms with Crippen LogP contribution in [0.15, 0.2) is 18.2 Å². The number of carbonyl (C=O) groups excluding carboxylic acids is 2. The van der Waals surface area contributed by atoms with Crippen LogP contribution in [0.5, 0.6) is 11.5 Å². The Morgan fingerprint density at radius 2 is 1.91 bits per heavy atom. The SMILES string of the molecule is CCN(CCO)C(=O)C(=O)NCCc1ccc(OC)c(OC)c1. The van der Waals surface area contributed by atoms with Crippen molar-refractivity contribution in [2.45, 2.75) is 13.3 Å². The summed E-state index contributed by atoms with van der Waals surface area (Å²) in [7, 11) is 3.12. The van der Waals surface area contributed by atoms with Gasteiger partial charge in [0.15, 0.2) is 11.5 Å². The molecule has 0 bridgehead atoms. The minimum absolute atomic E-state index is 0.151. The van der Waals surface area contributed by atoms with Crippen molar-refractivity contribution in [1.29, 1.82) is 0 Å². The smallest absolute Gasteiger partial charge is 0.311 e. The van der Waals surface area contributed by atoms with Gasteiger partial charge >= 0.3 is 11.8 Å². The summed E-state index contributed by atoms with van der Waals surface area (Å²) in [6.07, 6.45) is 0.561. The van der Waals surface area contributed by atoms with E-state index in [0.29, 0.717) is 31.0 Å². The molecule has 7 heteroatoms. The number of hydrogen-bond acceptors (Lipinski definition) is 5. The van der Waals surface area contributed by atoms with Crippen LogP contribution in [0, 0.1) is 0 Å².